The standard InChI is InChI=1S/C12H20O2/c1-8-3-9-4-10(11(8)14)6-12(2,5-9)7-13/h7-11,14H,3-6H2,1-2H3. The van der Waals surface area contributed by atoms with Crippen molar-refractivity contribution in [3.8, 4) is 0 Å². The maximum Gasteiger partial charge on any atom is 0.125 e. The Labute approximate surface area is 85.7 Å². The summed E-state index contributed by atoms with van der Waals surface area (Å²) in [5, 5.41) is 10.0. The molecule has 0 amide bonds. The summed E-state index contributed by atoms with van der Waals surface area (Å²) in [5.41, 5.74) is -0.158. The lowest BCUT2D eigenvalue weighted by atomic mass is 9.59. The van der Waals surface area contributed by atoms with Crippen LogP contribution in [0.25, 0.3) is 0 Å². The molecule has 14 heavy (non-hydrogen) atoms. The minimum atomic E-state index is -0.175. The van der Waals surface area contributed by atoms with Crippen LogP contribution < -0.4 is 0 Å². The molecule has 0 aromatic carbocycles. The number of aliphatic hydroxyl groups is 1. The van der Waals surface area contributed by atoms with Gasteiger partial charge in [-0.05, 0) is 43.4 Å². The third-order valence-electron chi connectivity index (χ3n) is 4.18. The SMILES string of the molecule is CC1CC2CC(CC(C)(C=O)C2)C1O. The summed E-state index contributed by atoms with van der Waals surface area (Å²) >= 11 is 0. The number of carbonyl (C=O) groups is 1. The molecule has 0 radical (unpaired) electrons. The van der Waals surface area contributed by atoms with Gasteiger partial charge in [-0.25, -0.2) is 0 Å². The van der Waals surface area contributed by atoms with Crippen LogP contribution >= 0.6 is 0 Å². The molecule has 2 aliphatic carbocycles. The Hall–Kier alpha value is -0.370. The van der Waals surface area contributed by atoms with E-state index in [0.717, 1.165) is 32.0 Å². The maximum atomic E-state index is 11.0. The summed E-state index contributed by atoms with van der Waals surface area (Å²) < 4.78 is 0. The van der Waals surface area contributed by atoms with Gasteiger partial charge in [0.05, 0.1) is 6.10 Å². The summed E-state index contributed by atoms with van der Waals surface area (Å²) in [6.45, 7) is 4.18. The van der Waals surface area contributed by atoms with Gasteiger partial charge in [0.25, 0.3) is 0 Å². The first-order valence-corrected chi connectivity index (χ1v) is 5.68. The average Bonchev–Trinajstić information content (AvgIpc) is 2.14. The summed E-state index contributed by atoms with van der Waals surface area (Å²) in [4.78, 5) is 11.0. The van der Waals surface area contributed by atoms with Crippen LogP contribution in [-0.4, -0.2) is 17.5 Å². The quantitative estimate of drug-likeness (QED) is 0.651. The molecule has 0 spiro atoms. The molecular weight excluding hydrogens is 176 g/mol. The van der Waals surface area contributed by atoms with E-state index in [4.69, 9.17) is 0 Å². The lowest BCUT2D eigenvalue weighted by Gasteiger charge is -2.47. The predicted octanol–water partition coefficient (Wildman–Crippen LogP) is 2.01. The lowest BCUT2D eigenvalue weighted by Crippen LogP contribution is -2.44. The van der Waals surface area contributed by atoms with Crippen molar-refractivity contribution in [3.63, 3.8) is 0 Å². The second-order valence-corrected chi connectivity index (χ2v) is 5.75. The zero-order valence-corrected chi connectivity index (χ0v) is 9.07. The predicted molar refractivity (Wildman–Crippen MR) is 54.8 cm³/mol. The summed E-state index contributed by atoms with van der Waals surface area (Å²) in [7, 11) is 0. The number of carbonyl (C=O) groups excluding carboxylic acids is 1. The van der Waals surface area contributed by atoms with E-state index in [9.17, 15) is 9.90 Å². The Bertz CT molecular complexity index is 236. The van der Waals surface area contributed by atoms with Gasteiger partial charge in [0.1, 0.15) is 6.29 Å². The van der Waals surface area contributed by atoms with Gasteiger partial charge >= 0.3 is 0 Å². The maximum absolute atomic E-state index is 11.0. The van der Waals surface area contributed by atoms with Crippen LogP contribution in [0.1, 0.15) is 39.5 Å². The number of hydrogen-bond donors (Lipinski definition) is 1. The van der Waals surface area contributed by atoms with Crippen molar-refractivity contribution in [1.29, 1.82) is 0 Å². The lowest BCUT2D eigenvalue weighted by molar-refractivity contribution is -0.124. The van der Waals surface area contributed by atoms with Gasteiger partial charge in [-0.3, -0.25) is 0 Å². The summed E-state index contributed by atoms with van der Waals surface area (Å²) in [6.07, 6.45) is 5.08. The highest BCUT2D eigenvalue weighted by atomic mass is 16.3. The first-order valence-electron chi connectivity index (χ1n) is 5.68. The molecule has 2 nitrogen and oxygen atoms in total. The number of aliphatic hydroxyl groups excluding tert-OH is 1. The molecule has 2 heteroatoms. The van der Waals surface area contributed by atoms with Crippen LogP contribution in [0.5, 0.6) is 0 Å². The molecule has 0 saturated heterocycles. The highest BCUT2D eigenvalue weighted by Gasteiger charge is 2.44. The number of hydrogen-bond acceptors (Lipinski definition) is 2. The minimum absolute atomic E-state index is 0.158. The van der Waals surface area contributed by atoms with Crippen molar-refractivity contribution in [1.82, 2.24) is 0 Å². The highest BCUT2D eigenvalue weighted by molar-refractivity contribution is 5.59. The number of fused-ring (bicyclic) bond motifs is 2. The normalized spacial score (nSPS) is 52.8. The Kier molecular flexibility index (Phi) is 2.42. The van der Waals surface area contributed by atoms with Crippen LogP contribution in [-0.2, 0) is 4.79 Å². The Balaban J connectivity index is 2.15. The molecule has 2 rings (SSSR count). The Morgan fingerprint density at radius 3 is 2.71 bits per heavy atom. The smallest absolute Gasteiger partial charge is 0.125 e. The van der Waals surface area contributed by atoms with E-state index in [1.807, 2.05) is 6.92 Å². The fraction of sp³-hybridized carbons (Fsp3) is 0.917. The van der Waals surface area contributed by atoms with Crippen LogP contribution in [0.15, 0.2) is 0 Å². The Morgan fingerprint density at radius 2 is 2.07 bits per heavy atom. The Morgan fingerprint density at radius 1 is 1.36 bits per heavy atom. The molecule has 80 valence electrons. The molecule has 0 aliphatic heterocycles. The monoisotopic (exact) mass is 196 g/mol. The molecule has 0 heterocycles. The van der Waals surface area contributed by atoms with E-state index in [1.165, 1.54) is 0 Å². The van der Waals surface area contributed by atoms with Crippen LogP contribution in [0.3, 0.4) is 0 Å². The molecular formula is C12H20O2. The van der Waals surface area contributed by atoms with Crippen LogP contribution in [0.2, 0.25) is 0 Å². The van der Waals surface area contributed by atoms with Crippen molar-refractivity contribution in [2.24, 2.45) is 23.2 Å². The molecule has 0 aromatic heterocycles. The minimum Gasteiger partial charge on any atom is -0.393 e. The van der Waals surface area contributed by atoms with Crippen molar-refractivity contribution < 1.29 is 9.90 Å². The third-order valence-corrected chi connectivity index (χ3v) is 4.18. The van der Waals surface area contributed by atoms with Crippen molar-refractivity contribution in [2.75, 3.05) is 0 Å². The van der Waals surface area contributed by atoms with Gasteiger partial charge in [0.2, 0.25) is 0 Å². The van der Waals surface area contributed by atoms with E-state index < -0.39 is 0 Å². The molecule has 1 N–H and O–H groups in total. The van der Waals surface area contributed by atoms with E-state index in [1.54, 1.807) is 0 Å². The first kappa shape index (κ1) is 10.2. The van der Waals surface area contributed by atoms with Gasteiger partial charge < -0.3 is 9.90 Å². The van der Waals surface area contributed by atoms with Crippen LogP contribution in [0.4, 0.5) is 0 Å². The number of aldehydes is 1. The second kappa shape index (κ2) is 3.34. The number of rotatable bonds is 1. The van der Waals surface area contributed by atoms with Crippen molar-refractivity contribution in [2.45, 2.75) is 45.6 Å². The van der Waals surface area contributed by atoms with Gasteiger partial charge in [0, 0.05) is 5.41 Å². The topological polar surface area (TPSA) is 37.3 Å². The highest BCUT2D eigenvalue weighted by Crippen LogP contribution is 2.49. The van der Waals surface area contributed by atoms with E-state index in [0.29, 0.717) is 17.8 Å². The summed E-state index contributed by atoms with van der Waals surface area (Å²) in [6, 6.07) is 0. The molecule has 2 bridgehead atoms. The fourth-order valence-corrected chi connectivity index (χ4v) is 3.60. The third kappa shape index (κ3) is 1.60. The zero-order chi connectivity index (χ0) is 10.3. The van der Waals surface area contributed by atoms with Gasteiger partial charge in [-0.2, -0.15) is 0 Å². The largest absolute Gasteiger partial charge is 0.393 e. The summed E-state index contributed by atoms with van der Waals surface area (Å²) in [5.74, 6) is 1.46. The molecule has 5 unspecified atom stereocenters. The molecule has 5 atom stereocenters. The second-order valence-electron chi connectivity index (χ2n) is 5.75. The van der Waals surface area contributed by atoms with E-state index in [2.05, 4.69) is 6.92 Å². The first-order chi connectivity index (χ1) is 6.54. The van der Waals surface area contributed by atoms with Crippen molar-refractivity contribution >= 4 is 6.29 Å². The van der Waals surface area contributed by atoms with Gasteiger partial charge in [-0.1, -0.05) is 13.8 Å². The van der Waals surface area contributed by atoms with Gasteiger partial charge in [0.15, 0.2) is 0 Å². The molecule has 2 saturated carbocycles. The zero-order valence-electron chi connectivity index (χ0n) is 9.07. The average molecular weight is 196 g/mol. The molecule has 2 fully saturated rings. The molecule has 0 aromatic rings. The van der Waals surface area contributed by atoms with E-state index in [-0.39, 0.29) is 11.5 Å². The fourth-order valence-electron chi connectivity index (χ4n) is 3.60. The van der Waals surface area contributed by atoms with Gasteiger partial charge in [-0.15, -0.1) is 0 Å². The van der Waals surface area contributed by atoms with E-state index >= 15 is 0 Å². The van der Waals surface area contributed by atoms with Crippen molar-refractivity contribution in [3.05, 3.63) is 0 Å². The van der Waals surface area contributed by atoms with Crippen LogP contribution in [0, 0.1) is 23.2 Å². The molecule has 2 aliphatic rings.